The van der Waals surface area contributed by atoms with Gasteiger partial charge in [-0.2, -0.15) is 0 Å². The quantitative estimate of drug-likeness (QED) is 0.147. The lowest BCUT2D eigenvalue weighted by molar-refractivity contribution is 1.27. The van der Waals surface area contributed by atoms with E-state index in [4.69, 9.17) is 9.97 Å². The van der Waals surface area contributed by atoms with Crippen LogP contribution < -0.4 is 4.90 Å². The van der Waals surface area contributed by atoms with E-state index in [1.54, 1.807) is 0 Å². The summed E-state index contributed by atoms with van der Waals surface area (Å²) in [5.41, 5.74) is 18.1. The molecule has 0 aliphatic rings. The van der Waals surface area contributed by atoms with Crippen LogP contribution in [0.3, 0.4) is 0 Å². The van der Waals surface area contributed by atoms with Crippen LogP contribution >= 0.6 is 0 Å². The maximum atomic E-state index is 5.19. The molecule has 0 saturated heterocycles. The molecule has 3 nitrogen and oxygen atoms in total. The average Bonchev–Trinajstić information content (AvgIpc) is 3.33. The van der Waals surface area contributed by atoms with Gasteiger partial charge in [-0.1, -0.05) is 194 Å². The number of anilines is 3. The molecule has 0 spiro atoms. The van der Waals surface area contributed by atoms with Crippen molar-refractivity contribution in [2.75, 3.05) is 4.90 Å². The summed E-state index contributed by atoms with van der Waals surface area (Å²) >= 11 is 0. The van der Waals surface area contributed by atoms with E-state index in [-0.39, 0.29) is 0 Å². The van der Waals surface area contributed by atoms with E-state index in [0.717, 1.165) is 61.7 Å². The normalized spacial score (nSPS) is 11.1. The largest absolute Gasteiger partial charge is 0.310 e. The molecular weight excluding hydrogens is 715 g/mol. The highest BCUT2D eigenvalue weighted by Gasteiger charge is 2.20. The number of hydrogen-bond acceptors (Lipinski definition) is 3. The second-order valence-electron chi connectivity index (χ2n) is 14.6. The van der Waals surface area contributed by atoms with Gasteiger partial charge >= 0.3 is 0 Å². The zero-order valence-corrected chi connectivity index (χ0v) is 32.4. The molecule has 9 aromatic carbocycles. The predicted octanol–water partition coefficient (Wildman–Crippen LogP) is 15.1. The van der Waals surface area contributed by atoms with Gasteiger partial charge in [-0.05, 0) is 81.4 Å². The third-order valence-corrected chi connectivity index (χ3v) is 10.9. The minimum Gasteiger partial charge on any atom is -0.310 e. The van der Waals surface area contributed by atoms with Gasteiger partial charge in [-0.3, -0.25) is 0 Å². The molecule has 1 heterocycles. The molecule has 0 fully saturated rings. The molecule has 3 heteroatoms. The van der Waals surface area contributed by atoms with Gasteiger partial charge in [0.1, 0.15) is 0 Å². The Morgan fingerprint density at radius 1 is 0.237 bits per heavy atom. The Morgan fingerprint density at radius 3 is 1.10 bits per heavy atom. The zero-order chi connectivity index (χ0) is 39.4. The Kier molecular flexibility index (Phi) is 9.59. The van der Waals surface area contributed by atoms with Crippen LogP contribution in [0.15, 0.2) is 237 Å². The first-order valence-electron chi connectivity index (χ1n) is 20.0. The minimum atomic E-state index is 0.854. The van der Waals surface area contributed by atoms with Crippen LogP contribution in [0, 0.1) is 0 Å². The van der Waals surface area contributed by atoms with Gasteiger partial charge in [-0.25, -0.2) is 9.97 Å². The number of benzene rings is 9. The van der Waals surface area contributed by atoms with Crippen LogP contribution in [0.1, 0.15) is 0 Å². The summed E-state index contributed by atoms with van der Waals surface area (Å²) in [7, 11) is 0. The molecule has 0 amide bonds. The van der Waals surface area contributed by atoms with Crippen LogP contribution in [0.5, 0.6) is 0 Å². The lowest BCUT2D eigenvalue weighted by Crippen LogP contribution is -2.11. The number of para-hydroxylation sites is 3. The third kappa shape index (κ3) is 7.18. The molecule has 0 bridgehead atoms. The maximum absolute atomic E-state index is 5.19. The van der Waals surface area contributed by atoms with E-state index in [9.17, 15) is 0 Å². The van der Waals surface area contributed by atoms with Gasteiger partial charge in [0.2, 0.25) is 0 Å². The average molecular weight is 754 g/mol. The van der Waals surface area contributed by atoms with E-state index < -0.39 is 0 Å². The fourth-order valence-electron chi connectivity index (χ4n) is 7.97. The SMILES string of the molecule is c1ccc(-c2ccc(-c3ccc(N(c4ccc(-c5nc6ccccc6nc5-c5ccccc5)cc4)c4ccccc4-c4ccccc4-c4ccccc4)cc3)cc2)cc1. The van der Waals surface area contributed by atoms with Crippen LogP contribution in [0.2, 0.25) is 0 Å². The van der Waals surface area contributed by atoms with Gasteiger partial charge < -0.3 is 4.90 Å². The van der Waals surface area contributed by atoms with Crippen molar-refractivity contribution >= 4 is 28.1 Å². The molecule has 0 aliphatic heterocycles. The standard InChI is InChI=1S/C56H39N3/c1-4-16-40(17-5-1)41-28-30-42(31-29-41)43-32-36-47(37-33-43)59(54-27-15-12-24-51(54)50-23-11-10-22-49(50)44-18-6-2-7-19-44)48-38-34-46(35-39-48)56-55(45-20-8-3-9-21-45)57-52-25-13-14-26-53(52)58-56/h1-39H. The minimum absolute atomic E-state index is 0.854. The van der Waals surface area contributed by atoms with Crippen LogP contribution in [-0.2, 0) is 0 Å². The van der Waals surface area contributed by atoms with Crippen molar-refractivity contribution in [3.8, 4) is 67.0 Å². The maximum Gasteiger partial charge on any atom is 0.0973 e. The van der Waals surface area contributed by atoms with Crippen molar-refractivity contribution in [1.29, 1.82) is 0 Å². The molecule has 59 heavy (non-hydrogen) atoms. The summed E-state index contributed by atoms with van der Waals surface area (Å²) in [4.78, 5) is 12.7. The Labute approximate surface area is 345 Å². The first kappa shape index (κ1) is 35.5. The summed E-state index contributed by atoms with van der Waals surface area (Å²) < 4.78 is 0. The Balaban J connectivity index is 1.09. The Bertz CT molecular complexity index is 3000. The lowest BCUT2D eigenvalue weighted by Gasteiger charge is -2.29. The fourth-order valence-corrected chi connectivity index (χ4v) is 7.97. The van der Waals surface area contributed by atoms with Gasteiger partial charge in [0.15, 0.2) is 0 Å². The van der Waals surface area contributed by atoms with Crippen LogP contribution in [-0.4, -0.2) is 9.97 Å². The molecule has 278 valence electrons. The summed E-state index contributed by atoms with van der Waals surface area (Å²) in [5.74, 6) is 0. The van der Waals surface area contributed by atoms with Gasteiger partial charge in [0.25, 0.3) is 0 Å². The molecule has 0 atom stereocenters. The smallest absolute Gasteiger partial charge is 0.0973 e. The molecule has 0 aliphatic carbocycles. The Morgan fingerprint density at radius 2 is 0.576 bits per heavy atom. The molecule has 10 aromatic rings. The highest BCUT2D eigenvalue weighted by molar-refractivity contribution is 5.94. The second-order valence-corrected chi connectivity index (χ2v) is 14.6. The van der Waals surface area contributed by atoms with Gasteiger partial charge in [0, 0.05) is 28.1 Å². The van der Waals surface area contributed by atoms with Crippen molar-refractivity contribution in [2.45, 2.75) is 0 Å². The lowest BCUT2D eigenvalue weighted by atomic mass is 9.93. The first-order chi connectivity index (χ1) is 29.3. The first-order valence-corrected chi connectivity index (χ1v) is 20.0. The van der Waals surface area contributed by atoms with E-state index >= 15 is 0 Å². The summed E-state index contributed by atoms with van der Waals surface area (Å²) in [6.45, 7) is 0. The molecule has 10 rings (SSSR count). The second kappa shape index (κ2) is 15.9. The van der Waals surface area contributed by atoms with Crippen molar-refractivity contribution < 1.29 is 0 Å². The monoisotopic (exact) mass is 753 g/mol. The number of hydrogen-bond donors (Lipinski definition) is 0. The Hall–Kier alpha value is -7.88. The van der Waals surface area contributed by atoms with E-state index in [1.807, 2.05) is 30.3 Å². The molecule has 0 saturated carbocycles. The van der Waals surface area contributed by atoms with E-state index in [1.165, 1.54) is 33.4 Å². The highest BCUT2D eigenvalue weighted by Crippen LogP contribution is 2.44. The van der Waals surface area contributed by atoms with Crippen LogP contribution in [0.4, 0.5) is 17.1 Å². The summed E-state index contributed by atoms with van der Waals surface area (Å²) in [6.07, 6.45) is 0. The van der Waals surface area contributed by atoms with Crippen molar-refractivity contribution in [1.82, 2.24) is 9.97 Å². The summed E-state index contributed by atoms with van der Waals surface area (Å²) in [6, 6.07) is 83.5. The molecule has 0 unspecified atom stereocenters. The molecular formula is C56H39N3. The van der Waals surface area contributed by atoms with Crippen LogP contribution in [0.25, 0.3) is 78.1 Å². The third-order valence-electron chi connectivity index (χ3n) is 10.9. The van der Waals surface area contributed by atoms with Gasteiger partial charge in [-0.15, -0.1) is 0 Å². The van der Waals surface area contributed by atoms with E-state index in [0.29, 0.717) is 0 Å². The number of fused-ring (bicyclic) bond motifs is 1. The topological polar surface area (TPSA) is 29.0 Å². The number of nitrogens with zero attached hydrogens (tertiary/aromatic N) is 3. The highest BCUT2D eigenvalue weighted by atomic mass is 15.1. The predicted molar refractivity (Wildman–Crippen MR) is 247 cm³/mol. The fraction of sp³-hybridized carbons (Fsp3) is 0. The van der Waals surface area contributed by atoms with Crippen molar-refractivity contribution in [3.63, 3.8) is 0 Å². The number of rotatable bonds is 9. The zero-order valence-electron chi connectivity index (χ0n) is 32.4. The summed E-state index contributed by atoms with van der Waals surface area (Å²) in [5, 5.41) is 0. The van der Waals surface area contributed by atoms with Gasteiger partial charge in [0.05, 0.1) is 28.1 Å². The number of aromatic nitrogens is 2. The molecule has 0 N–H and O–H groups in total. The van der Waals surface area contributed by atoms with E-state index in [2.05, 4.69) is 211 Å². The molecule has 1 aromatic heterocycles. The van der Waals surface area contributed by atoms with Crippen molar-refractivity contribution in [2.24, 2.45) is 0 Å². The van der Waals surface area contributed by atoms with Crippen molar-refractivity contribution in [3.05, 3.63) is 237 Å². The molecule has 0 radical (unpaired) electrons.